The molecule has 0 aliphatic heterocycles. The quantitative estimate of drug-likeness (QED) is 0.602. The van der Waals surface area contributed by atoms with Gasteiger partial charge in [-0.2, -0.15) is 13.2 Å². The minimum Gasteiger partial charge on any atom is -0.373 e. The van der Waals surface area contributed by atoms with Crippen LogP contribution in [0.2, 0.25) is 8.67 Å². The molecule has 0 saturated carbocycles. The summed E-state index contributed by atoms with van der Waals surface area (Å²) >= 11 is 12.3. The molecule has 0 atom stereocenters. The molecule has 0 fully saturated rings. The van der Waals surface area contributed by atoms with Crippen LogP contribution in [0.15, 0.2) is 6.07 Å². The second-order valence-corrected chi connectivity index (χ2v) is 5.36. The van der Waals surface area contributed by atoms with E-state index in [0.717, 1.165) is 11.3 Å². The van der Waals surface area contributed by atoms with Gasteiger partial charge in [0.05, 0.1) is 22.9 Å². The van der Waals surface area contributed by atoms with Crippen molar-refractivity contribution >= 4 is 40.3 Å². The van der Waals surface area contributed by atoms with E-state index in [0.29, 0.717) is 4.34 Å². The van der Waals surface area contributed by atoms with E-state index in [1.165, 1.54) is 6.07 Å². The molecule has 0 N–H and O–H groups in total. The molecule has 1 aromatic heterocycles. The number of ketones is 1. The van der Waals surface area contributed by atoms with E-state index >= 15 is 0 Å². The van der Waals surface area contributed by atoms with E-state index in [4.69, 9.17) is 23.2 Å². The fraction of sp³-hybridized carbons (Fsp3) is 0.444. The SMILES string of the molecule is O=C(COCCC(F)(F)F)c1cc(Cl)sc1Cl. The summed E-state index contributed by atoms with van der Waals surface area (Å²) in [6.07, 6.45) is -5.37. The van der Waals surface area contributed by atoms with Gasteiger partial charge in [0.2, 0.25) is 0 Å². The van der Waals surface area contributed by atoms with Crippen molar-refractivity contribution in [2.75, 3.05) is 13.2 Å². The second-order valence-electron chi connectivity index (χ2n) is 3.08. The normalized spacial score (nSPS) is 11.8. The van der Waals surface area contributed by atoms with Gasteiger partial charge < -0.3 is 4.74 Å². The van der Waals surface area contributed by atoms with E-state index < -0.39 is 31.6 Å². The zero-order valence-corrected chi connectivity index (χ0v) is 10.6. The average Bonchev–Trinajstić information content (AvgIpc) is 2.51. The van der Waals surface area contributed by atoms with Crippen molar-refractivity contribution in [3.8, 4) is 0 Å². The average molecular weight is 307 g/mol. The van der Waals surface area contributed by atoms with Crippen LogP contribution < -0.4 is 0 Å². The van der Waals surface area contributed by atoms with Crippen molar-refractivity contribution in [1.29, 1.82) is 0 Å². The number of rotatable bonds is 5. The summed E-state index contributed by atoms with van der Waals surface area (Å²) in [6.45, 7) is -0.992. The minimum absolute atomic E-state index is 0.175. The largest absolute Gasteiger partial charge is 0.391 e. The van der Waals surface area contributed by atoms with E-state index in [1.54, 1.807) is 0 Å². The summed E-state index contributed by atoms with van der Waals surface area (Å²) in [6, 6.07) is 1.37. The van der Waals surface area contributed by atoms with Gasteiger partial charge in [0.25, 0.3) is 0 Å². The standard InChI is InChI=1S/C9H7Cl2F3O2S/c10-7-3-5(8(11)17-7)6(15)4-16-2-1-9(12,13)14/h3H,1-2,4H2. The second kappa shape index (κ2) is 6.04. The molecule has 2 nitrogen and oxygen atoms in total. The first-order chi connectivity index (χ1) is 7.79. The van der Waals surface area contributed by atoms with Crippen LogP contribution in [-0.4, -0.2) is 25.2 Å². The predicted molar refractivity (Wildman–Crippen MR) is 60.2 cm³/mol. The number of alkyl halides is 3. The van der Waals surface area contributed by atoms with Gasteiger partial charge in [-0.25, -0.2) is 0 Å². The summed E-state index contributed by atoms with van der Waals surface area (Å²) in [5.74, 6) is -0.486. The monoisotopic (exact) mass is 306 g/mol. The number of hydrogen-bond acceptors (Lipinski definition) is 3. The third-order valence-electron chi connectivity index (χ3n) is 1.72. The predicted octanol–water partition coefficient (Wildman–Crippen LogP) is 4.21. The summed E-state index contributed by atoms with van der Waals surface area (Å²) in [5.41, 5.74) is 0.175. The van der Waals surface area contributed by atoms with Gasteiger partial charge in [0.1, 0.15) is 10.9 Å². The Kier molecular flexibility index (Phi) is 5.24. The van der Waals surface area contributed by atoms with Gasteiger partial charge in [-0.15, -0.1) is 11.3 Å². The van der Waals surface area contributed by atoms with Crippen LogP contribution in [0.1, 0.15) is 16.8 Å². The highest BCUT2D eigenvalue weighted by Crippen LogP contribution is 2.31. The van der Waals surface area contributed by atoms with Crippen LogP contribution in [-0.2, 0) is 4.74 Å². The highest BCUT2D eigenvalue weighted by Gasteiger charge is 2.26. The van der Waals surface area contributed by atoms with E-state index in [9.17, 15) is 18.0 Å². The molecule has 0 aliphatic rings. The molecule has 0 unspecified atom stereocenters. The molecule has 1 aromatic rings. The number of thiophene rings is 1. The zero-order chi connectivity index (χ0) is 13.1. The highest BCUT2D eigenvalue weighted by molar-refractivity contribution is 7.20. The molecule has 1 heterocycles. The van der Waals surface area contributed by atoms with Gasteiger partial charge in [-0.3, -0.25) is 4.79 Å². The maximum atomic E-state index is 11.8. The Morgan fingerprint density at radius 1 is 1.41 bits per heavy atom. The number of ether oxygens (including phenoxy) is 1. The van der Waals surface area contributed by atoms with Crippen LogP contribution in [0.25, 0.3) is 0 Å². The van der Waals surface area contributed by atoms with Crippen LogP contribution >= 0.6 is 34.5 Å². The van der Waals surface area contributed by atoms with E-state index in [1.807, 2.05) is 0 Å². The first-order valence-corrected chi connectivity index (χ1v) is 5.99. The van der Waals surface area contributed by atoms with Crippen molar-refractivity contribution in [1.82, 2.24) is 0 Å². The van der Waals surface area contributed by atoms with Crippen LogP contribution in [0.4, 0.5) is 13.2 Å². The maximum absolute atomic E-state index is 11.8. The Balaban J connectivity index is 2.38. The third-order valence-corrected chi connectivity index (χ3v) is 3.21. The Morgan fingerprint density at radius 2 is 2.06 bits per heavy atom. The fourth-order valence-corrected chi connectivity index (χ4v) is 2.46. The Hall–Kier alpha value is -0.300. The molecule has 0 spiro atoms. The molecule has 17 heavy (non-hydrogen) atoms. The zero-order valence-electron chi connectivity index (χ0n) is 8.31. The number of Topliss-reactive ketones (excluding diaryl/α,β-unsaturated/α-hetero) is 1. The maximum Gasteiger partial charge on any atom is 0.391 e. The topological polar surface area (TPSA) is 26.3 Å². The van der Waals surface area contributed by atoms with Gasteiger partial charge in [-0.05, 0) is 6.07 Å². The first kappa shape index (κ1) is 14.8. The van der Waals surface area contributed by atoms with Crippen molar-refractivity contribution in [3.63, 3.8) is 0 Å². The molecule has 0 aliphatic carbocycles. The van der Waals surface area contributed by atoms with Crippen LogP contribution in [0.3, 0.4) is 0 Å². The molecule has 96 valence electrons. The summed E-state index contributed by atoms with van der Waals surface area (Å²) < 4.78 is 40.5. The van der Waals surface area contributed by atoms with Crippen molar-refractivity contribution in [3.05, 3.63) is 20.3 Å². The van der Waals surface area contributed by atoms with Gasteiger partial charge >= 0.3 is 6.18 Å². The van der Waals surface area contributed by atoms with Crippen molar-refractivity contribution < 1.29 is 22.7 Å². The molecular formula is C9H7Cl2F3O2S. The Morgan fingerprint density at radius 3 is 2.53 bits per heavy atom. The minimum atomic E-state index is -4.29. The molecule has 0 amide bonds. The summed E-state index contributed by atoms with van der Waals surface area (Å²) in [7, 11) is 0. The molecule has 0 bridgehead atoms. The third kappa shape index (κ3) is 5.25. The number of halogens is 5. The lowest BCUT2D eigenvalue weighted by atomic mass is 10.2. The number of carbonyl (C=O) groups excluding carboxylic acids is 1. The van der Waals surface area contributed by atoms with Gasteiger partial charge in [0, 0.05) is 0 Å². The molecule has 1 rings (SSSR count). The Labute approximate surface area is 109 Å². The number of carbonyl (C=O) groups is 1. The van der Waals surface area contributed by atoms with Crippen molar-refractivity contribution in [2.24, 2.45) is 0 Å². The fourth-order valence-electron chi connectivity index (χ4n) is 0.961. The molecule has 0 saturated heterocycles. The molecular weight excluding hydrogens is 300 g/mol. The van der Waals surface area contributed by atoms with E-state index in [-0.39, 0.29) is 9.90 Å². The van der Waals surface area contributed by atoms with Gasteiger partial charge in [-0.1, -0.05) is 23.2 Å². The molecule has 0 aromatic carbocycles. The lowest BCUT2D eigenvalue weighted by Crippen LogP contribution is -2.15. The summed E-state index contributed by atoms with van der Waals surface area (Å²) in [4.78, 5) is 11.5. The molecule has 8 heteroatoms. The Bertz CT molecular complexity index is 403. The lowest BCUT2D eigenvalue weighted by Gasteiger charge is -2.06. The lowest BCUT2D eigenvalue weighted by molar-refractivity contribution is -0.144. The van der Waals surface area contributed by atoms with E-state index in [2.05, 4.69) is 4.74 Å². The van der Waals surface area contributed by atoms with Crippen molar-refractivity contribution in [2.45, 2.75) is 12.6 Å². The highest BCUT2D eigenvalue weighted by atomic mass is 35.5. The number of hydrogen-bond donors (Lipinski definition) is 0. The van der Waals surface area contributed by atoms with Crippen LogP contribution in [0.5, 0.6) is 0 Å². The first-order valence-electron chi connectivity index (χ1n) is 4.42. The summed E-state index contributed by atoms with van der Waals surface area (Å²) in [5, 5.41) is 0. The smallest absolute Gasteiger partial charge is 0.373 e. The van der Waals surface area contributed by atoms with Crippen LogP contribution in [0, 0.1) is 0 Å². The van der Waals surface area contributed by atoms with Gasteiger partial charge in [0.15, 0.2) is 5.78 Å². The molecule has 0 radical (unpaired) electrons.